The topological polar surface area (TPSA) is 107 Å². The van der Waals surface area contributed by atoms with E-state index in [4.69, 9.17) is 17.3 Å². The van der Waals surface area contributed by atoms with Crippen LogP contribution >= 0.6 is 0 Å². The van der Waals surface area contributed by atoms with Crippen molar-refractivity contribution < 1.29 is 4.79 Å². The zero-order chi connectivity index (χ0) is 6.57. The summed E-state index contributed by atoms with van der Waals surface area (Å²) >= 11 is 0. The Morgan fingerprint density at radius 1 is 1.75 bits per heavy atom. The zero-order valence-corrected chi connectivity index (χ0v) is 4.42. The first-order chi connectivity index (χ1) is 3.72. The summed E-state index contributed by atoms with van der Waals surface area (Å²) in [6.07, 6.45) is 0. The van der Waals surface area contributed by atoms with Gasteiger partial charge in [-0.1, -0.05) is 0 Å². The van der Waals surface area contributed by atoms with Crippen LogP contribution in [0.5, 0.6) is 0 Å². The minimum atomic E-state index is -0.602. The van der Waals surface area contributed by atoms with Gasteiger partial charge in [0, 0.05) is 6.54 Å². The molecule has 0 spiro atoms. The maximum absolute atomic E-state index is 10.2. The molecule has 0 aliphatic carbocycles. The number of hydrazine groups is 1. The van der Waals surface area contributed by atoms with E-state index in [-0.39, 0.29) is 6.54 Å². The first kappa shape index (κ1) is 7.35. The number of hydrogen-bond donors (Lipinski definition) is 4. The van der Waals surface area contributed by atoms with Crippen molar-refractivity contribution in [2.24, 2.45) is 17.3 Å². The predicted molar refractivity (Wildman–Crippen MR) is 29.4 cm³/mol. The molecule has 0 rings (SSSR count). The lowest BCUT2D eigenvalue weighted by Gasteiger charge is -2.06. The van der Waals surface area contributed by atoms with Gasteiger partial charge in [-0.25, -0.2) is 5.43 Å². The van der Waals surface area contributed by atoms with Crippen LogP contribution in [0.4, 0.5) is 0 Å². The molecule has 5 nitrogen and oxygen atoms in total. The fraction of sp³-hybridized carbons (Fsp3) is 0.667. The number of amides is 1. The monoisotopic (exact) mass is 118 g/mol. The van der Waals surface area contributed by atoms with Gasteiger partial charge < -0.3 is 11.5 Å². The van der Waals surface area contributed by atoms with E-state index >= 15 is 0 Å². The molecule has 0 aromatic heterocycles. The minimum absolute atomic E-state index is 0.131. The summed E-state index contributed by atoms with van der Waals surface area (Å²) in [5.74, 6) is 4.32. The van der Waals surface area contributed by atoms with E-state index in [9.17, 15) is 4.79 Å². The second-order valence-electron chi connectivity index (χ2n) is 1.36. The van der Waals surface area contributed by atoms with Crippen molar-refractivity contribution in [3.63, 3.8) is 0 Å². The summed E-state index contributed by atoms with van der Waals surface area (Å²) in [7, 11) is 0. The Kier molecular flexibility index (Phi) is 3.09. The van der Waals surface area contributed by atoms with Crippen molar-refractivity contribution in [3.05, 3.63) is 0 Å². The number of rotatable bonds is 3. The van der Waals surface area contributed by atoms with Crippen molar-refractivity contribution >= 4 is 5.91 Å². The molecule has 0 aliphatic rings. The molecular weight excluding hydrogens is 108 g/mol. The Hall–Kier alpha value is -0.650. The third-order valence-corrected chi connectivity index (χ3v) is 0.780. The number of hydrogen-bond acceptors (Lipinski definition) is 4. The molecule has 48 valence electrons. The minimum Gasteiger partial charge on any atom is -0.368 e. The normalized spacial score (nSPS) is 13.2. The number of carbonyl (C=O) groups excluding carboxylic acids is 1. The van der Waals surface area contributed by atoms with E-state index in [1.165, 1.54) is 0 Å². The average molecular weight is 118 g/mol. The Bertz CT molecular complexity index is 79.4. The van der Waals surface area contributed by atoms with Gasteiger partial charge in [0.25, 0.3) is 0 Å². The summed E-state index contributed by atoms with van der Waals surface area (Å²) in [6, 6.07) is -0.602. The van der Waals surface area contributed by atoms with Gasteiger partial charge in [0.2, 0.25) is 5.91 Å². The third-order valence-electron chi connectivity index (χ3n) is 0.780. The summed E-state index contributed by atoms with van der Waals surface area (Å²) in [5.41, 5.74) is 12.0. The van der Waals surface area contributed by atoms with Crippen molar-refractivity contribution in [2.75, 3.05) is 6.54 Å². The van der Waals surface area contributed by atoms with Gasteiger partial charge in [-0.3, -0.25) is 10.6 Å². The lowest BCUT2D eigenvalue weighted by molar-refractivity contribution is -0.119. The molecule has 0 heterocycles. The van der Waals surface area contributed by atoms with E-state index in [2.05, 4.69) is 5.43 Å². The van der Waals surface area contributed by atoms with Crippen LogP contribution in [0.3, 0.4) is 0 Å². The van der Waals surface area contributed by atoms with Crippen molar-refractivity contribution in [3.8, 4) is 0 Å². The van der Waals surface area contributed by atoms with Crippen LogP contribution in [0.15, 0.2) is 0 Å². The molecule has 1 amide bonds. The summed E-state index contributed by atoms with van der Waals surface area (Å²) < 4.78 is 0. The van der Waals surface area contributed by atoms with Crippen LogP contribution < -0.4 is 22.7 Å². The van der Waals surface area contributed by atoms with Crippen LogP contribution in [0, 0.1) is 0 Å². The summed E-state index contributed by atoms with van der Waals surface area (Å²) in [6.45, 7) is 0.131. The van der Waals surface area contributed by atoms with E-state index in [0.717, 1.165) is 0 Å². The van der Waals surface area contributed by atoms with Crippen LogP contribution in [-0.4, -0.2) is 18.5 Å². The average Bonchev–Trinajstić information content (AvgIpc) is 1.69. The molecule has 1 atom stereocenters. The second kappa shape index (κ2) is 3.36. The third kappa shape index (κ3) is 1.87. The summed E-state index contributed by atoms with van der Waals surface area (Å²) in [5, 5.41) is 0. The Labute approximate surface area is 47.2 Å². The Morgan fingerprint density at radius 2 is 2.25 bits per heavy atom. The maximum Gasteiger partial charge on any atom is 0.237 e. The largest absolute Gasteiger partial charge is 0.368 e. The maximum atomic E-state index is 10.2. The van der Waals surface area contributed by atoms with Crippen LogP contribution in [0.2, 0.25) is 0 Å². The molecule has 0 unspecified atom stereocenters. The van der Waals surface area contributed by atoms with Crippen molar-refractivity contribution in [2.45, 2.75) is 6.04 Å². The smallest absolute Gasteiger partial charge is 0.237 e. The molecule has 0 aromatic carbocycles. The van der Waals surface area contributed by atoms with Crippen LogP contribution in [0.1, 0.15) is 0 Å². The lowest BCUT2D eigenvalue weighted by Crippen LogP contribution is -2.49. The standard InChI is InChI=1S/C3H10N4O/c4-1-2(7-6)3(5)8/h2,7H,1,4,6H2,(H2,5,8)/t2-/m0/s1. The SMILES string of the molecule is NC[C@H](NN)C(N)=O. The lowest BCUT2D eigenvalue weighted by atomic mass is 10.3. The van der Waals surface area contributed by atoms with Gasteiger partial charge in [-0.15, -0.1) is 0 Å². The molecule has 0 bridgehead atoms. The highest BCUT2D eigenvalue weighted by molar-refractivity contribution is 5.79. The number of nitrogens with two attached hydrogens (primary N) is 3. The molecule has 0 aliphatic heterocycles. The zero-order valence-electron chi connectivity index (χ0n) is 4.42. The highest BCUT2D eigenvalue weighted by Gasteiger charge is 2.08. The molecule has 5 heteroatoms. The highest BCUT2D eigenvalue weighted by Crippen LogP contribution is 1.70. The highest BCUT2D eigenvalue weighted by atomic mass is 16.1. The predicted octanol–water partition coefficient (Wildman–Crippen LogP) is -2.74. The molecule has 0 aromatic rings. The fourth-order valence-electron chi connectivity index (χ4n) is 0.266. The molecule has 0 fully saturated rings. The number of nitrogens with one attached hydrogen (secondary N) is 1. The first-order valence-electron chi connectivity index (χ1n) is 2.18. The van der Waals surface area contributed by atoms with Gasteiger partial charge in [-0.05, 0) is 0 Å². The molecular formula is C3H10N4O. The quantitative estimate of drug-likeness (QED) is 0.238. The van der Waals surface area contributed by atoms with Crippen molar-refractivity contribution in [1.82, 2.24) is 5.43 Å². The van der Waals surface area contributed by atoms with Gasteiger partial charge in [-0.2, -0.15) is 0 Å². The summed E-state index contributed by atoms with van der Waals surface area (Å²) in [4.78, 5) is 10.2. The molecule has 0 saturated heterocycles. The Balaban J connectivity index is 3.52. The van der Waals surface area contributed by atoms with Crippen LogP contribution in [0.25, 0.3) is 0 Å². The van der Waals surface area contributed by atoms with E-state index < -0.39 is 11.9 Å². The second-order valence-corrected chi connectivity index (χ2v) is 1.36. The number of primary amides is 1. The fourth-order valence-corrected chi connectivity index (χ4v) is 0.266. The molecule has 7 N–H and O–H groups in total. The molecule has 0 radical (unpaired) electrons. The molecule has 0 saturated carbocycles. The van der Waals surface area contributed by atoms with Gasteiger partial charge in [0.1, 0.15) is 6.04 Å². The first-order valence-corrected chi connectivity index (χ1v) is 2.18. The van der Waals surface area contributed by atoms with E-state index in [1.807, 2.05) is 0 Å². The van der Waals surface area contributed by atoms with E-state index in [0.29, 0.717) is 0 Å². The number of carbonyl (C=O) groups is 1. The van der Waals surface area contributed by atoms with E-state index in [1.54, 1.807) is 0 Å². The van der Waals surface area contributed by atoms with Crippen LogP contribution in [-0.2, 0) is 4.79 Å². The van der Waals surface area contributed by atoms with Gasteiger partial charge >= 0.3 is 0 Å². The molecule has 8 heavy (non-hydrogen) atoms. The van der Waals surface area contributed by atoms with Gasteiger partial charge in [0.05, 0.1) is 0 Å². The van der Waals surface area contributed by atoms with Gasteiger partial charge in [0.15, 0.2) is 0 Å². The van der Waals surface area contributed by atoms with Crippen molar-refractivity contribution in [1.29, 1.82) is 0 Å². The Morgan fingerprint density at radius 3 is 2.25 bits per heavy atom.